The summed E-state index contributed by atoms with van der Waals surface area (Å²) in [5.74, 6) is 0. The summed E-state index contributed by atoms with van der Waals surface area (Å²) in [7, 11) is 0. The minimum atomic E-state index is -0.904. The number of hydrogen-bond donors (Lipinski definition) is 1. The maximum absolute atomic E-state index is 13.1. The van der Waals surface area contributed by atoms with Crippen molar-refractivity contribution in [1.82, 2.24) is 9.78 Å². The lowest BCUT2D eigenvalue weighted by atomic mass is 10.3. The molecule has 2 aliphatic rings. The van der Waals surface area contributed by atoms with Crippen LogP contribution in [0, 0.1) is 0 Å². The maximum atomic E-state index is 13.1. The van der Waals surface area contributed by atoms with Crippen molar-refractivity contribution in [2.75, 3.05) is 0 Å². The number of halogens is 1. The van der Waals surface area contributed by atoms with Gasteiger partial charge in [0.25, 0.3) is 0 Å². The summed E-state index contributed by atoms with van der Waals surface area (Å²) in [4.78, 5) is 0.806. The molecule has 0 bridgehead atoms. The van der Waals surface area contributed by atoms with Crippen LogP contribution in [0.3, 0.4) is 0 Å². The smallest absolute Gasteiger partial charge is 0.141 e. The molecule has 0 atom stereocenters. The Morgan fingerprint density at radius 1 is 1.64 bits per heavy atom. The van der Waals surface area contributed by atoms with Crippen molar-refractivity contribution in [3.8, 4) is 0 Å². The standard InChI is InChI=1S/C7H7FN2S/c8-6-3-7(6,4-6)10-2-5(11)1-9-10/h1-2,11H,3-4H2. The van der Waals surface area contributed by atoms with Gasteiger partial charge in [0.1, 0.15) is 11.2 Å². The summed E-state index contributed by atoms with van der Waals surface area (Å²) in [5, 5.41) is 4.04. The third-order valence-electron chi connectivity index (χ3n) is 2.74. The van der Waals surface area contributed by atoms with E-state index in [4.69, 9.17) is 0 Å². The largest absolute Gasteiger partial charge is 0.262 e. The fraction of sp³-hybridized carbons (Fsp3) is 0.571. The van der Waals surface area contributed by atoms with Crippen molar-refractivity contribution in [3.05, 3.63) is 12.4 Å². The van der Waals surface area contributed by atoms with Crippen molar-refractivity contribution in [2.45, 2.75) is 28.9 Å². The van der Waals surface area contributed by atoms with Gasteiger partial charge < -0.3 is 0 Å². The second kappa shape index (κ2) is 1.35. The highest BCUT2D eigenvalue weighted by molar-refractivity contribution is 7.80. The fourth-order valence-corrected chi connectivity index (χ4v) is 1.86. The zero-order chi connectivity index (χ0) is 7.69. The topological polar surface area (TPSA) is 17.8 Å². The van der Waals surface area contributed by atoms with E-state index in [0.717, 1.165) is 4.90 Å². The average Bonchev–Trinajstić information content (AvgIpc) is 2.51. The molecule has 1 heterocycles. The van der Waals surface area contributed by atoms with Crippen LogP contribution in [0.1, 0.15) is 12.8 Å². The average molecular weight is 170 g/mol. The van der Waals surface area contributed by atoms with Gasteiger partial charge in [0.15, 0.2) is 0 Å². The molecule has 2 fully saturated rings. The van der Waals surface area contributed by atoms with Crippen LogP contribution in [0.25, 0.3) is 0 Å². The zero-order valence-corrected chi connectivity index (χ0v) is 6.68. The Bertz CT molecular complexity index is 327. The third-order valence-corrected chi connectivity index (χ3v) is 2.97. The molecular weight excluding hydrogens is 163 g/mol. The summed E-state index contributed by atoms with van der Waals surface area (Å²) in [6, 6.07) is 0. The van der Waals surface area contributed by atoms with E-state index in [1.165, 1.54) is 0 Å². The Balaban J connectivity index is 2.03. The van der Waals surface area contributed by atoms with E-state index < -0.39 is 5.67 Å². The first-order valence-electron chi connectivity index (χ1n) is 3.59. The number of nitrogens with zero attached hydrogens (tertiary/aromatic N) is 2. The molecule has 2 aliphatic carbocycles. The number of rotatable bonds is 1. The van der Waals surface area contributed by atoms with Gasteiger partial charge in [-0.3, -0.25) is 4.68 Å². The summed E-state index contributed by atoms with van der Waals surface area (Å²) < 4.78 is 14.9. The molecule has 0 N–H and O–H groups in total. The van der Waals surface area contributed by atoms with Crippen LogP contribution in [0.4, 0.5) is 4.39 Å². The monoisotopic (exact) mass is 170 g/mol. The predicted molar refractivity (Wildman–Crippen MR) is 40.5 cm³/mol. The summed E-state index contributed by atoms with van der Waals surface area (Å²) >= 11 is 4.10. The van der Waals surface area contributed by atoms with Crippen LogP contribution in [-0.4, -0.2) is 15.4 Å². The fourth-order valence-electron chi connectivity index (χ4n) is 1.70. The summed E-state index contributed by atoms with van der Waals surface area (Å²) in [6.45, 7) is 0. The molecule has 58 valence electrons. The normalized spacial score (nSPS) is 45.3. The molecule has 3 rings (SSSR count). The highest BCUT2D eigenvalue weighted by Gasteiger charge is 2.87. The molecule has 0 spiro atoms. The predicted octanol–water partition coefficient (Wildman–Crippen LogP) is 1.38. The van der Waals surface area contributed by atoms with E-state index in [-0.39, 0.29) is 5.54 Å². The van der Waals surface area contributed by atoms with E-state index >= 15 is 0 Å². The van der Waals surface area contributed by atoms with Crippen molar-refractivity contribution in [2.24, 2.45) is 0 Å². The van der Waals surface area contributed by atoms with E-state index in [0.29, 0.717) is 12.8 Å². The molecular formula is C7H7FN2S. The minimum Gasteiger partial charge on any atom is -0.262 e. The molecule has 2 saturated carbocycles. The Kier molecular flexibility index (Phi) is 0.745. The third kappa shape index (κ3) is 0.537. The molecule has 4 heteroatoms. The van der Waals surface area contributed by atoms with Crippen molar-refractivity contribution in [1.29, 1.82) is 0 Å². The molecule has 0 unspecified atom stereocenters. The van der Waals surface area contributed by atoms with Crippen molar-refractivity contribution < 1.29 is 4.39 Å². The summed E-state index contributed by atoms with van der Waals surface area (Å²) in [5.41, 5.74) is -1.15. The van der Waals surface area contributed by atoms with Crippen LogP contribution in [0.5, 0.6) is 0 Å². The quantitative estimate of drug-likeness (QED) is 0.630. The Labute approximate surface area is 68.8 Å². The van der Waals surface area contributed by atoms with Crippen molar-refractivity contribution in [3.63, 3.8) is 0 Å². The van der Waals surface area contributed by atoms with E-state index in [1.54, 1.807) is 17.1 Å². The first kappa shape index (κ1) is 6.06. The van der Waals surface area contributed by atoms with Gasteiger partial charge in [-0.15, -0.1) is 12.6 Å². The molecule has 1 aromatic rings. The lowest BCUT2D eigenvalue weighted by Crippen LogP contribution is -2.06. The van der Waals surface area contributed by atoms with Crippen LogP contribution in [0.15, 0.2) is 17.3 Å². The number of fused-ring (bicyclic) bond motifs is 1. The lowest BCUT2D eigenvalue weighted by molar-refractivity contribution is 0.389. The van der Waals surface area contributed by atoms with Gasteiger partial charge in [0.2, 0.25) is 0 Å². The molecule has 11 heavy (non-hydrogen) atoms. The minimum absolute atomic E-state index is 0.242. The Morgan fingerprint density at radius 2 is 2.27 bits per heavy atom. The zero-order valence-electron chi connectivity index (χ0n) is 5.79. The maximum Gasteiger partial charge on any atom is 0.141 e. The molecule has 0 aromatic carbocycles. The molecule has 0 aliphatic heterocycles. The van der Waals surface area contributed by atoms with Crippen LogP contribution >= 0.6 is 12.6 Å². The number of thiol groups is 1. The van der Waals surface area contributed by atoms with E-state index in [1.807, 2.05) is 0 Å². The number of aromatic nitrogens is 2. The Hall–Kier alpha value is -0.510. The Morgan fingerprint density at radius 3 is 2.64 bits per heavy atom. The SMILES string of the molecule is FC12CC1(n1cc(S)cn1)C2. The molecule has 1 aromatic heterocycles. The first-order valence-corrected chi connectivity index (χ1v) is 4.04. The van der Waals surface area contributed by atoms with Gasteiger partial charge in [-0.05, 0) is 0 Å². The van der Waals surface area contributed by atoms with Gasteiger partial charge >= 0.3 is 0 Å². The van der Waals surface area contributed by atoms with E-state index in [9.17, 15) is 4.39 Å². The molecule has 0 radical (unpaired) electrons. The van der Waals surface area contributed by atoms with E-state index in [2.05, 4.69) is 17.7 Å². The second-order valence-electron chi connectivity index (χ2n) is 3.49. The molecule has 0 amide bonds. The summed E-state index contributed by atoms with van der Waals surface area (Å²) in [6.07, 6.45) is 4.73. The van der Waals surface area contributed by atoms with Crippen molar-refractivity contribution >= 4 is 12.6 Å². The first-order chi connectivity index (χ1) is 5.16. The number of alkyl halides is 1. The van der Waals surface area contributed by atoms with Gasteiger partial charge in [-0.25, -0.2) is 4.39 Å². The highest BCUT2D eigenvalue weighted by Crippen LogP contribution is 2.78. The number of hydrogen-bond acceptors (Lipinski definition) is 2. The van der Waals surface area contributed by atoms with Crippen LogP contribution in [-0.2, 0) is 5.54 Å². The highest BCUT2D eigenvalue weighted by atomic mass is 32.1. The van der Waals surface area contributed by atoms with Crippen LogP contribution < -0.4 is 0 Å². The lowest BCUT2D eigenvalue weighted by Gasteiger charge is -1.99. The van der Waals surface area contributed by atoms with Gasteiger partial charge in [-0.1, -0.05) is 0 Å². The second-order valence-corrected chi connectivity index (χ2v) is 4.01. The van der Waals surface area contributed by atoms with Gasteiger partial charge in [0.05, 0.1) is 6.20 Å². The molecule has 2 nitrogen and oxygen atoms in total. The molecule has 0 saturated heterocycles. The van der Waals surface area contributed by atoms with Gasteiger partial charge in [0, 0.05) is 23.9 Å². The van der Waals surface area contributed by atoms with Crippen LogP contribution in [0.2, 0.25) is 0 Å². The van der Waals surface area contributed by atoms with Gasteiger partial charge in [-0.2, -0.15) is 5.10 Å².